The Morgan fingerprint density at radius 1 is 0.730 bits per heavy atom. The van der Waals surface area contributed by atoms with Crippen molar-refractivity contribution in [3.63, 3.8) is 0 Å². The number of phosphoric acid groups is 1. The van der Waals surface area contributed by atoms with Crippen LogP contribution in [-0.4, -0.2) is 70.7 Å². The standard InChI is InChI=1S/C28H58NO7P/c1-6-8-10-12-13-14-15-16-18-20-23-33-25-27(36-28(30)21-19-17-11-9-7-2)26-35-37(31,32)34-24-22-29(3,4)5/h27H,6-26H2,1-5H3. The lowest BCUT2D eigenvalue weighted by Crippen LogP contribution is -2.37. The van der Waals surface area contributed by atoms with Gasteiger partial charge in [0, 0.05) is 13.0 Å². The zero-order valence-electron chi connectivity index (χ0n) is 24.7. The van der Waals surface area contributed by atoms with Crippen molar-refractivity contribution < 1.29 is 37.3 Å². The Morgan fingerprint density at radius 2 is 1.24 bits per heavy atom. The van der Waals surface area contributed by atoms with Crippen LogP contribution in [0, 0.1) is 0 Å². The Labute approximate surface area is 228 Å². The molecule has 0 spiro atoms. The number of phosphoric ester groups is 1. The van der Waals surface area contributed by atoms with Gasteiger partial charge in [-0.3, -0.25) is 9.36 Å². The van der Waals surface area contributed by atoms with Gasteiger partial charge in [-0.1, -0.05) is 97.3 Å². The molecule has 0 aromatic rings. The predicted octanol–water partition coefficient (Wildman–Crippen LogP) is 6.40. The number of hydrogen-bond acceptors (Lipinski definition) is 7. The first kappa shape index (κ1) is 36.5. The molecule has 2 unspecified atom stereocenters. The molecule has 0 aliphatic carbocycles. The van der Waals surface area contributed by atoms with E-state index in [9.17, 15) is 14.3 Å². The maximum absolute atomic E-state index is 12.3. The number of unbranched alkanes of at least 4 members (excludes halogenated alkanes) is 13. The first-order chi connectivity index (χ1) is 17.6. The normalized spacial score (nSPS) is 14.4. The van der Waals surface area contributed by atoms with Crippen LogP contribution < -0.4 is 4.89 Å². The van der Waals surface area contributed by atoms with Crippen molar-refractivity contribution in [2.75, 3.05) is 54.1 Å². The molecule has 0 aliphatic rings. The lowest BCUT2D eigenvalue weighted by molar-refractivity contribution is -0.870. The third-order valence-electron chi connectivity index (χ3n) is 6.16. The van der Waals surface area contributed by atoms with Gasteiger partial charge in [0.05, 0.1) is 34.4 Å². The largest absolute Gasteiger partial charge is 0.756 e. The highest BCUT2D eigenvalue weighted by Crippen LogP contribution is 2.38. The third kappa shape index (κ3) is 26.9. The summed E-state index contributed by atoms with van der Waals surface area (Å²) in [6.07, 6.45) is 17.1. The molecular weight excluding hydrogens is 493 g/mol. The topological polar surface area (TPSA) is 94.1 Å². The summed E-state index contributed by atoms with van der Waals surface area (Å²) in [5, 5.41) is 0. The van der Waals surface area contributed by atoms with Crippen LogP contribution in [0.15, 0.2) is 0 Å². The summed E-state index contributed by atoms with van der Waals surface area (Å²) in [6, 6.07) is 0. The fourth-order valence-electron chi connectivity index (χ4n) is 3.78. The molecule has 0 rings (SSSR count). The molecule has 8 nitrogen and oxygen atoms in total. The highest BCUT2D eigenvalue weighted by Gasteiger charge is 2.20. The lowest BCUT2D eigenvalue weighted by atomic mass is 10.1. The Balaban J connectivity index is 4.33. The summed E-state index contributed by atoms with van der Waals surface area (Å²) in [7, 11) is 1.36. The molecule has 0 radical (unpaired) electrons. The number of ether oxygens (including phenoxy) is 2. The van der Waals surface area contributed by atoms with Gasteiger partial charge in [-0.05, 0) is 12.8 Å². The van der Waals surface area contributed by atoms with Crippen LogP contribution in [0.2, 0.25) is 0 Å². The van der Waals surface area contributed by atoms with Gasteiger partial charge in [0.25, 0.3) is 7.82 Å². The van der Waals surface area contributed by atoms with E-state index < -0.39 is 13.9 Å². The monoisotopic (exact) mass is 551 g/mol. The molecule has 0 saturated carbocycles. The summed E-state index contributed by atoms with van der Waals surface area (Å²) < 4.78 is 33.9. The van der Waals surface area contributed by atoms with Crippen molar-refractivity contribution in [1.29, 1.82) is 0 Å². The van der Waals surface area contributed by atoms with Gasteiger partial charge in [0.2, 0.25) is 0 Å². The zero-order chi connectivity index (χ0) is 27.8. The number of esters is 1. The lowest BCUT2D eigenvalue weighted by Gasteiger charge is -2.28. The molecule has 0 amide bonds. The van der Waals surface area contributed by atoms with E-state index in [1.807, 2.05) is 21.1 Å². The predicted molar refractivity (Wildman–Crippen MR) is 148 cm³/mol. The van der Waals surface area contributed by atoms with Gasteiger partial charge in [-0.15, -0.1) is 0 Å². The Kier molecular flexibility index (Phi) is 23.1. The van der Waals surface area contributed by atoms with Gasteiger partial charge >= 0.3 is 5.97 Å². The summed E-state index contributed by atoms with van der Waals surface area (Å²) in [5.74, 6) is -0.348. The molecule has 0 N–H and O–H groups in total. The fourth-order valence-corrected chi connectivity index (χ4v) is 4.51. The third-order valence-corrected chi connectivity index (χ3v) is 7.12. The Morgan fingerprint density at radius 3 is 1.78 bits per heavy atom. The first-order valence-corrected chi connectivity index (χ1v) is 16.2. The molecule has 9 heteroatoms. The zero-order valence-corrected chi connectivity index (χ0v) is 25.6. The number of carbonyl (C=O) groups excluding carboxylic acids is 1. The van der Waals surface area contributed by atoms with Crippen LogP contribution in [0.4, 0.5) is 0 Å². The van der Waals surface area contributed by atoms with Gasteiger partial charge in [0.1, 0.15) is 19.3 Å². The number of rotatable bonds is 27. The highest BCUT2D eigenvalue weighted by atomic mass is 31.2. The average molecular weight is 552 g/mol. The van der Waals surface area contributed by atoms with E-state index in [1.165, 1.54) is 51.4 Å². The quantitative estimate of drug-likeness (QED) is 0.0504. The van der Waals surface area contributed by atoms with Crippen LogP contribution in [0.25, 0.3) is 0 Å². The highest BCUT2D eigenvalue weighted by molar-refractivity contribution is 7.45. The second kappa shape index (κ2) is 23.4. The first-order valence-electron chi connectivity index (χ1n) is 14.8. The Hall–Kier alpha value is -0.500. The molecule has 0 aliphatic heterocycles. The molecule has 0 fully saturated rings. The minimum absolute atomic E-state index is 0.0295. The smallest absolute Gasteiger partial charge is 0.306 e. The molecule has 2 atom stereocenters. The van der Waals surface area contributed by atoms with E-state index >= 15 is 0 Å². The number of hydrogen-bond donors (Lipinski definition) is 0. The van der Waals surface area contributed by atoms with Crippen LogP contribution in [0.1, 0.15) is 117 Å². The molecule has 222 valence electrons. The van der Waals surface area contributed by atoms with Crippen molar-refractivity contribution in [1.82, 2.24) is 0 Å². The molecule has 37 heavy (non-hydrogen) atoms. The van der Waals surface area contributed by atoms with Crippen LogP contribution >= 0.6 is 7.82 Å². The second-order valence-electron chi connectivity index (χ2n) is 11.1. The average Bonchev–Trinajstić information content (AvgIpc) is 2.82. The van der Waals surface area contributed by atoms with E-state index in [0.29, 0.717) is 24.1 Å². The summed E-state index contributed by atoms with van der Waals surface area (Å²) in [6.45, 7) is 5.30. The van der Waals surface area contributed by atoms with E-state index in [2.05, 4.69) is 13.8 Å². The van der Waals surface area contributed by atoms with Crippen molar-refractivity contribution in [2.24, 2.45) is 0 Å². The number of quaternary nitrogens is 1. The fraction of sp³-hybridized carbons (Fsp3) is 0.964. The molecule has 0 aromatic heterocycles. The maximum Gasteiger partial charge on any atom is 0.306 e. The van der Waals surface area contributed by atoms with Crippen molar-refractivity contribution in [2.45, 2.75) is 123 Å². The second-order valence-corrected chi connectivity index (χ2v) is 12.5. The number of carbonyl (C=O) groups is 1. The summed E-state index contributed by atoms with van der Waals surface area (Å²) in [5.41, 5.74) is 0. The SMILES string of the molecule is CCCCCCCCCCCCOCC(COP(=O)([O-])OCC[N+](C)(C)C)OC(=O)CCCCCCC. The summed E-state index contributed by atoms with van der Waals surface area (Å²) in [4.78, 5) is 24.4. The van der Waals surface area contributed by atoms with Gasteiger partial charge in [-0.25, -0.2) is 0 Å². The van der Waals surface area contributed by atoms with E-state index in [1.54, 1.807) is 0 Å². The van der Waals surface area contributed by atoms with Gasteiger partial charge in [-0.2, -0.15) is 0 Å². The van der Waals surface area contributed by atoms with E-state index in [0.717, 1.165) is 44.9 Å². The molecular formula is C28H58NO7P. The van der Waals surface area contributed by atoms with Gasteiger partial charge < -0.3 is 27.9 Å². The van der Waals surface area contributed by atoms with Crippen LogP contribution in [0.3, 0.4) is 0 Å². The van der Waals surface area contributed by atoms with Gasteiger partial charge in [0.15, 0.2) is 0 Å². The minimum Gasteiger partial charge on any atom is -0.756 e. The molecule has 0 bridgehead atoms. The number of nitrogens with zero attached hydrogens (tertiary/aromatic N) is 1. The summed E-state index contributed by atoms with van der Waals surface area (Å²) >= 11 is 0. The van der Waals surface area contributed by atoms with E-state index in [4.69, 9.17) is 18.5 Å². The number of likely N-dealkylation sites (N-methyl/N-ethyl adjacent to an activating group) is 1. The molecule has 0 aromatic carbocycles. The molecule has 0 heterocycles. The van der Waals surface area contributed by atoms with Crippen molar-refractivity contribution >= 4 is 13.8 Å². The van der Waals surface area contributed by atoms with Crippen LogP contribution in [-0.2, 0) is 27.9 Å². The van der Waals surface area contributed by atoms with Crippen molar-refractivity contribution in [3.05, 3.63) is 0 Å². The van der Waals surface area contributed by atoms with E-state index in [-0.39, 0.29) is 25.8 Å². The maximum atomic E-state index is 12.3. The van der Waals surface area contributed by atoms with Crippen LogP contribution in [0.5, 0.6) is 0 Å². The van der Waals surface area contributed by atoms with Crippen molar-refractivity contribution in [3.8, 4) is 0 Å². The minimum atomic E-state index is -4.49. The molecule has 0 saturated heterocycles. The Bertz CT molecular complexity index is 583.